The third kappa shape index (κ3) is 7.30. The normalized spacial score (nSPS) is 12.1. The maximum Gasteiger partial charge on any atom is 0.416 e. The van der Waals surface area contributed by atoms with Crippen LogP contribution in [0, 0.1) is 6.92 Å². The molecule has 0 unspecified atom stereocenters. The van der Waals surface area contributed by atoms with Gasteiger partial charge in [-0.1, -0.05) is 12.2 Å². The summed E-state index contributed by atoms with van der Waals surface area (Å²) in [6.45, 7) is 3.65. The lowest BCUT2D eigenvalue weighted by Crippen LogP contribution is -2.25. The fourth-order valence-corrected chi connectivity index (χ4v) is 4.54. The monoisotopic (exact) mass is 651 g/mol. The Hall–Kier alpha value is -5.35. The van der Waals surface area contributed by atoms with Gasteiger partial charge in [0.1, 0.15) is 17.0 Å². The molecule has 0 saturated heterocycles. The topological polar surface area (TPSA) is 146 Å². The lowest BCUT2D eigenvalue weighted by atomic mass is 10.0. The van der Waals surface area contributed by atoms with Crippen molar-refractivity contribution in [2.24, 2.45) is 5.73 Å². The first-order chi connectivity index (χ1) is 21.5. The van der Waals surface area contributed by atoms with Crippen LogP contribution in [0.5, 0.6) is 5.75 Å². The number of ether oxygens (including phenoxy) is 1. The highest BCUT2D eigenvalue weighted by Gasteiger charge is 2.37. The molecule has 0 bridgehead atoms. The summed E-state index contributed by atoms with van der Waals surface area (Å²) in [6, 6.07) is 4.97. The maximum absolute atomic E-state index is 13.2. The van der Waals surface area contributed by atoms with Gasteiger partial charge >= 0.3 is 12.4 Å². The molecular weight excluding hydrogens is 624 g/mol. The number of hydrogen-bond donors (Lipinski definition) is 3. The molecule has 11 nitrogen and oxygen atoms in total. The molecule has 4 aromatic rings. The van der Waals surface area contributed by atoms with E-state index in [9.17, 15) is 40.7 Å². The number of rotatable bonds is 10. The molecule has 0 saturated carbocycles. The van der Waals surface area contributed by atoms with E-state index >= 15 is 0 Å². The molecule has 46 heavy (non-hydrogen) atoms. The van der Waals surface area contributed by atoms with Crippen molar-refractivity contribution in [2.75, 3.05) is 19.0 Å². The van der Waals surface area contributed by atoms with E-state index < -0.39 is 46.8 Å². The van der Waals surface area contributed by atoms with Crippen molar-refractivity contribution >= 4 is 34.7 Å². The van der Waals surface area contributed by atoms with E-state index in [1.165, 1.54) is 40.6 Å². The number of imidazole rings is 1. The number of hydrogen-bond acceptors (Lipinski definition) is 6. The number of benzene rings is 2. The van der Waals surface area contributed by atoms with Crippen molar-refractivity contribution < 1.29 is 45.5 Å². The molecule has 2 heterocycles. The number of halogens is 6. The minimum Gasteiger partial charge on any atom is -0.494 e. The average molecular weight is 652 g/mol. The van der Waals surface area contributed by atoms with E-state index in [0.717, 1.165) is 0 Å². The smallest absolute Gasteiger partial charge is 0.416 e. The lowest BCUT2D eigenvalue weighted by molar-refractivity contribution is -0.143. The summed E-state index contributed by atoms with van der Waals surface area (Å²) in [4.78, 5) is 42.0. The number of allylic oxidation sites excluding steroid dienone is 1. The molecule has 0 radical (unpaired) electrons. The highest BCUT2D eigenvalue weighted by Crippen LogP contribution is 2.36. The van der Waals surface area contributed by atoms with Crippen LogP contribution in [-0.2, 0) is 25.4 Å². The average Bonchev–Trinajstić information content (AvgIpc) is 3.54. The standard InChI is InChI=1S/C29H27F6N7O4/c1-4-42-21(9-15(2)40-42)26(45)39-27-38-20-12-16(24(36)43)13-22(46-3)23(20)41(27)8-6-5-7-37-25(44)17-10-18(28(30,31)32)14-19(11-17)29(33,34)35/h5-6,9-14H,4,7-8H2,1-3H3,(H2,36,43)(H,37,44)(H,38,39,45)/b6-5+. The largest absolute Gasteiger partial charge is 0.494 e. The number of aryl methyl sites for hydroxylation is 2. The third-order valence-corrected chi connectivity index (χ3v) is 6.66. The summed E-state index contributed by atoms with van der Waals surface area (Å²) in [7, 11) is 1.35. The van der Waals surface area contributed by atoms with Crippen LogP contribution in [-0.4, -0.2) is 50.7 Å². The van der Waals surface area contributed by atoms with E-state index in [1.54, 1.807) is 19.9 Å². The first-order valence-electron chi connectivity index (χ1n) is 13.5. The molecule has 4 rings (SSSR count). The van der Waals surface area contributed by atoms with Gasteiger partial charge in [-0.05, 0) is 50.2 Å². The number of anilines is 1. The number of carbonyl (C=O) groups excluding carboxylic acids is 3. The van der Waals surface area contributed by atoms with Crippen molar-refractivity contribution in [3.8, 4) is 5.75 Å². The summed E-state index contributed by atoms with van der Waals surface area (Å²) in [5, 5.41) is 9.23. The zero-order valence-corrected chi connectivity index (χ0v) is 24.5. The Labute approximate surface area is 257 Å². The van der Waals surface area contributed by atoms with Crippen molar-refractivity contribution in [3.63, 3.8) is 0 Å². The lowest BCUT2D eigenvalue weighted by Gasteiger charge is -2.14. The van der Waals surface area contributed by atoms with E-state index in [4.69, 9.17) is 10.5 Å². The van der Waals surface area contributed by atoms with E-state index in [0.29, 0.717) is 29.9 Å². The van der Waals surface area contributed by atoms with Crippen LogP contribution in [0.2, 0.25) is 0 Å². The quantitative estimate of drug-likeness (QED) is 0.164. The molecule has 244 valence electrons. The number of nitrogens with two attached hydrogens (primary N) is 1. The van der Waals surface area contributed by atoms with E-state index in [1.807, 2.05) is 0 Å². The molecule has 4 N–H and O–H groups in total. The summed E-state index contributed by atoms with van der Waals surface area (Å²) >= 11 is 0. The maximum atomic E-state index is 13.2. The summed E-state index contributed by atoms with van der Waals surface area (Å²) in [5.41, 5.74) is 2.95. The number of carbonyl (C=O) groups is 3. The zero-order chi connectivity index (χ0) is 34.0. The first kappa shape index (κ1) is 33.5. The minimum absolute atomic E-state index is 0.0118. The van der Waals surface area contributed by atoms with Gasteiger partial charge in [-0.2, -0.15) is 31.4 Å². The molecule has 3 amide bonds. The Balaban J connectivity index is 1.60. The Morgan fingerprint density at radius 1 is 0.935 bits per heavy atom. The van der Waals surface area contributed by atoms with Gasteiger partial charge in [0.05, 0.1) is 29.4 Å². The van der Waals surface area contributed by atoms with Crippen LogP contribution < -0.4 is 21.1 Å². The van der Waals surface area contributed by atoms with Gasteiger partial charge in [0, 0.05) is 30.8 Å². The van der Waals surface area contributed by atoms with Crippen molar-refractivity contribution in [1.82, 2.24) is 24.6 Å². The molecular formula is C29H27F6N7O4. The Morgan fingerprint density at radius 3 is 2.15 bits per heavy atom. The summed E-state index contributed by atoms with van der Waals surface area (Å²) in [5.74, 6) is -2.21. The molecule has 0 aliphatic carbocycles. The van der Waals surface area contributed by atoms with Crippen molar-refractivity contribution in [3.05, 3.63) is 82.2 Å². The van der Waals surface area contributed by atoms with Gasteiger partial charge in [0.15, 0.2) is 0 Å². The SMILES string of the molecule is CCn1nc(C)cc1C(=O)Nc1nc2cc(C(N)=O)cc(OC)c2n1C/C=C/CNC(=O)c1cc(C(F)(F)F)cc(C(F)(F)F)c1. The first-order valence-corrected chi connectivity index (χ1v) is 13.5. The fraction of sp³-hybridized carbons (Fsp3) is 0.276. The van der Waals surface area contributed by atoms with E-state index in [-0.39, 0.29) is 47.6 Å². The number of aromatic nitrogens is 4. The van der Waals surface area contributed by atoms with Gasteiger partial charge in [-0.25, -0.2) is 4.98 Å². The predicted molar refractivity (Wildman–Crippen MR) is 153 cm³/mol. The van der Waals surface area contributed by atoms with Gasteiger partial charge in [0.2, 0.25) is 11.9 Å². The second kappa shape index (κ2) is 12.9. The Morgan fingerprint density at radius 2 is 1.59 bits per heavy atom. The number of alkyl halides is 6. The highest BCUT2D eigenvalue weighted by molar-refractivity contribution is 6.04. The summed E-state index contributed by atoms with van der Waals surface area (Å²) < 4.78 is 87.5. The van der Waals surface area contributed by atoms with Crippen LogP contribution in [0.4, 0.5) is 32.3 Å². The van der Waals surface area contributed by atoms with Gasteiger partial charge in [-0.15, -0.1) is 0 Å². The Kier molecular flexibility index (Phi) is 9.44. The number of nitrogens with one attached hydrogen (secondary N) is 2. The van der Waals surface area contributed by atoms with E-state index in [2.05, 4.69) is 20.7 Å². The third-order valence-electron chi connectivity index (χ3n) is 6.66. The van der Waals surface area contributed by atoms with Crippen LogP contribution in [0.15, 0.2) is 48.6 Å². The number of fused-ring (bicyclic) bond motifs is 1. The molecule has 2 aromatic heterocycles. The minimum atomic E-state index is -5.11. The number of methoxy groups -OCH3 is 1. The predicted octanol–water partition coefficient (Wildman–Crippen LogP) is 4.94. The highest BCUT2D eigenvalue weighted by atomic mass is 19.4. The molecule has 0 fully saturated rings. The van der Waals surface area contributed by atoms with Crippen molar-refractivity contribution in [2.45, 2.75) is 39.3 Å². The molecule has 17 heteroatoms. The molecule has 0 aliphatic heterocycles. The van der Waals surface area contributed by atoms with Crippen LogP contribution in [0.1, 0.15) is 54.9 Å². The van der Waals surface area contributed by atoms with Gasteiger partial charge in [-0.3, -0.25) is 24.4 Å². The number of nitrogens with zero attached hydrogens (tertiary/aromatic N) is 4. The molecule has 0 aliphatic rings. The second-order valence-corrected chi connectivity index (χ2v) is 9.87. The fourth-order valence-electron chi connectivity index (χ4n) is 4.54. The number of amides is 3. The Bertz CT molecular complexity index is 1810. The zero-order valence-electron chi connectivity index (χ0n) is 24.5. The van der Waals surface area contributed by atoms with Crippen LogP contribution in [0.3, 0.4) is 0 Å². The van der Waals surface area contributed by atoms with Crippen LogP contribution in [0.25, 0.3) is 11.0 Å². The van der Waals surface area contributed by atoms with Crippen molar-refractivity contribution in [1.29, 1.82) is 0 Å². The molecule has 0 atom stereocenters. The van der Waals surface area contributed by atoms with Gasteiger partial charge < -0.3 is 20.4 Å². The summed E-state index contributed by atoms with van der Waals surface area (Å²) in [6.07, 6.45) is -7.31. The molecule has 2 aromatic carbocycles. The van der Waals surface area contributed by atoms with Gasteiger partial charge in [0.25, 0.3) is 11.8 Å². The second-order valence-electron chi connectivity index (χ2n) is 9.87. The van der Waals surface area contributed by atoms with Crippen LogP contribution >= 0.6 is 0 Å². The molecule has 0 spiro atoms. The number of primary amides is 1.